The van der Waals surface area contributed by atoms with E-state index < -0.39 is 0 Å². The first-order valence-corrected chi connectivity index (χ1v) is 7.66. The number of hydrogen-bond acceptors (Lipinski definition) is 4. The van der Waals surface area contributed by atoms with Gasteiger partial charge in [-0.25, -0.2) is 9.97 Å². The molecule has 0 atom stereocenters. The molecule has 1 aliphatic rings. The Balaban J connectivity index is 2.20. The van der Waals surface area contributed by atoms with Gasteiger partial charge in [0, 0.05) is 31.6 Å². The Hall–Kier alpha value is -1.32. The molecular formula is C15H26N4. The van der Waals surface area contributed by atoms with Crippen LogP contribution in [-0.4, -0.2) is 29.6 Å². The lowest BCUT2D eigenvalue weighted by Crippen LogP contribution is -2.25. The van der Waals surface area contributed by atoms with Gasteiger partial charge in [-0.1, -0.05) is 13.3 Å². The molecule has 1 aromatic rings. The van der Waals surface area contributed by atoms with Crippen molar-refractivity contribution >= 4 is 11.6 Å². The summed E-state index contributed by atoms with van der Waals surface area (Å²) in [7, 11) is 0. The molecule has 2 rings (SSSR count). The molecule has 1 aromatic heterocycles. The van der Waals surface area contributed by atoms with E-state index in [-0.39, 0.29) is 0 Å². The first kappa shape index (κ1) is 14.1. The second kappa shape index (κ2) is 6.73. The van der Waals surface area contributed by atoms with Gasteiger partial charge in [-0.05, 0) is 33.1 Å². The molecule has 1 N–H and O–H groups in total. The number of nitrogens with zero attached hydrogens (tertiary/aromatic N) is 3. The van der Waals surface area contributed by atoms with E-state index >= 15 is 0 Å². The van der Waals surface area contributed by atoms with Crippen molar-refractivity contribution in [2.24, 2.45) is 0 Å². The molecule has 0 aromatic carbocycles. The summed E-state index contributed by atoms with van der Waals surface area (Å²) in [6.45, 7) is 9.52. The number of hydrogen-bond donors (Lipinski definition) is 1. The second-order valence-corrected chi connectivity index (χ2v) is 5.21. The lowest BCUT2D eigenvalue weighted by atomic mass is 10.3. The molecule has 0 radical (unpaired) electrons. The highest BCUT2D eigenvalue weighted by Crippen LogP contribution is 2.39. The maximum absolute atomic E-state index is 4.78. The van der Waals surface area contributed by atoms with Gasteiger partial charge in [0.2, 0.25) is 0 Å². The molecular weight excluding hydrogens is 236 g/mol. The molecule has 0 bridgehead atoms. The smallest absolute Gasteiger partial charge is 0.136 e. The Morgan fingerprint density at radius 2 is 2.05 bits per heavy atom. The van der Waals surface area contributed by atoms with Crippen LogP contribution in [-0.2, 0) is 0 Å². The zero-order valence-corrected chi connectivity index (χ0v) is 12.4. The average molecular weight is 262 g/mol. The van der Waals surface area contributed by atoms with Crippen LogP contribution in [0.3, 0.4) is 0 Å². The van der Waals surface area contributed by atoms with Crippen molar-refractivity contribution in [1.29, 1.82) is 0 Å². The van der Waals surface area contributed by atoms with Crippen molar-refractivity contribution in [1.82, 2.24) is 9.97 Å². The summed E-state index contributed by atoms with van der Waals surface area (Å²) < 4.78 is 0. The van der Waals surface area contributed by atoms with E-state index in [9.17, 15) is 0 Å². The fourth-order valence-electron chi connectivity index (χ4n) is 2.19. The van der Waals surface area contributed by atoms with Crippen LogP contribution in [0.4, 0.5) is 11.6 Å². The minimum Gasteiger partial charge on any atom is -0.370 e. The summed E-state index contributed by atoms with van der Waals surface area (Å²) in [4.78, 5) is 11.8. The molecule has 0 unspecified atom stereocenters. The molecule has 0 amide bonds. The topological polar surface area (TPSA) is 41.0 Å². The van der Waals surface area contributed by atoms with Crippen LogP contribution in [0, 0.1) is 0 Å². The van der Waals surface area contributed by atoms with Crippen LogP contribution in [0.2, 0.25) is 0 Å². The van der Waals surface area contributed by atoms with Gasteiger partial charge in [0.25, 0.3) is 0 Å². The predicted molar refractivity (Wildman–Crippen MR) is 81.0 cm³/mol. The molecule has 0 spiro atoms. The monoisotopic (exact) mass is 262 g/mol. The highest BCUT2D eigenvalue weighted by atomic mass is 15.2. The Morgan fingerprint density at radius 1 is 1.26 bits per heavy atom. The molecule has 0 aliphatic heterocycles. The minimum absolute atomic E-state index is 0.599. The highest BCUT2D eigenvalue weighted by Gasteiger charge is 2.27. The summed E-state index contributed by atoms with van der Waals surface area (Å²) >= 11 is 0. The van der Waals surface area contributed by atoms with E-state index in [4.69, 9.17) is 4.98 Å². The first-order chi connectivity index (χ1) is 9.28. The molecule has 1 fully saturated rings. The van der Waals surface area contributed by atoms with E-state index in [0.29, 0.717) is 5.92 Å². The highest BCUT2D eigenvalue weighted by molar-refractivity contribution is 5.50. The lowest BCUT2D eigenvalue weighted by molar-refractivity contribution is 0.719. The molecule has 1 heterocycles. The Kier molecular flexibility index (Phi) is 5.00. The van der Waals surface area contributed by atoms with Gasteiger partial charge in [-0.15, -0.1) is 0 Å². The molecule has 0 saturated heterocycles. The fourth-order valence-corrected chi connectivity index (χ4v) is 2.19. The molecule has 19 heavy (non-hydrogen) atoms. The van der Waals surface area contributed by atoms with Crippen molar-refractivity contribution < 1.29 is 0 Å². The Labute approximate surface area is 116 Å². The zero-order chi connectivity index (χ0) is 13.7. The first-order valence-electron chi connectivity index (χ1n) is 7.66. The maximum Gasteiger partial charge on any atom is 0.136 e. The van der Waals surface area contributed by atoms with Gasteiger partial charge in [0.05, 0.1) is 0 Å². The van der Waals surface area contributed by atoms with Crippen molar-refractivity contribution in [2.75, 3.05) is 29.9 Å². The van der Waals surface area contributed by atoms with Crippen LogP contribution in [0.25, 0.3) is 0 Å². The van der Waals surface area contributed by atoms with Crippen molar-refractivity contribution in [2.45, 2.75) is 52.4 Å². The van der Waals surface area contributed by atoms with E-state index in [1.54, 1.807) is 0 Å². The summed E-state index contributed by atoms with van der Waals surface area (Å²) in [5.41, 5.74) is 0. The summed E-state index contributed by atoms with van der Waals surface area (Å²) in [5, 5.41) is 3.33. The van der Waals surface area contributed by atoms with Gasteiger partial charge in [-0.2, -0.15) is 0 Å². The van der Waals surface area contributed by atoms with Crippen LogP contribution in [0.15, 0.2) is 6.07 Å². The van der Waals surface area contributed by atoms with Gasteiger partial charge >= 0.3 is 0 Å². The van der Waals surface area contributed by atoms with Crippen molar-refractivity contribution in [3.63, 3.8) is 0 Å². The standard InChI is InChI=1S/C15H26N4/c1-4-7-10-19(6-3)14-11-13(16-5-2)17-15(18-14)12-8-9-12/h11-12H,4-10H2,1-3H3,(H,16,17,18). The van der Waals surface area contributed by atoms with E-state index in [2.05, 4.69) is 42.0 Å². The molecule has 4 heteroatoms. The molecule has 4 nitrogen and oxygen atoms in total. The number of unbranched alkanes of at least 4 members (excludes halogenated alkanes) is 1. The van der Waals surface area contributed by atoms with E-state index in [0.717, 1.165) is 37.1 Å². The van der Waals surface area contributed by atoms with Gasteiger partial charge in [-0.3, -0.25) is 0 Å². The summed E-state index contributed by atoms with van der Waals surface area (Å²) in [6, 6.07) is 2.09. The van der Waals surface area contributed by atoms with Crippen molar-refractivity contribution in [3.05, 3.63) is 11.9 Å². The predicted octanol–water partition coefficient (Wildman–Crippen LogP) is 3.41. The Morgan fingerprint density at radius 3 is 2.63 bits per heavy atom. The minimum atomic E-state index is 0.599. The van der Waals surface area contributed by atoms with Gasteiger partial charge in [0.1, 0.15) is 17.5 Å². The normalized spacial score (nSPS) is 14.5. The number of anilines is 2. The average Bonchev–Trinajstić information content (AvgIpc) is 3.24. The van der Waals surface area contributed by atoms with Gasteiger partial charge < -0.3 is 10.2 Å². The quantitative estimate of drug-likeness (QED) is 0.779. The summed E-state index contributed by atoms with van der Waals surface area (Å²) in [6.07, 6.45) is 4.93. The van der Waals surface area contributed by atoms with E-state index in [1.165, 1.54) is 25.7 Å². The number of nitrogens with one attached hydrogen (secondary N) is 1. The third-order valence-electron chi connectivity index (χ3n) is 3.52. The van der Waals surface area contributed by atoms with Crippen LogP contribution in [0.1, 0.15) is 58.2 Å². The maximum atomic E-state index is 4.78. The van der Waals surface area contributed by atoms with Gasteiger partial charge in [0.15, 0.2) is 0 Å². The van der Waals surface area contributed by atoms with Crippen LogP contribution < -0.4 is 10.2 Å². The zero-order valence-electron chi connectivity index (χ0n) is 12.4. The lowest BCUT2D eigenvalue weighted by Gasteiger charge is -2.22. The Bertz CT molecular complexity index is 401. The third-order valence-corrected chi connectivity index (χ3v) is 3.52. The van der Waals surface area contributed by atoms with Crippen LogP contribution in [0.5, 0.6) is 0 Å². The number of rotatable bonds is 8. The molecule has 1 aliphatic carbocycles. The van der Waals surface area contributed by atoms with Crippen LogP contribution >= 0.6 is 0 Å². The fraction of sp³-hybridized carbons (Fsp3) is 0.733. The summed E-state index contributed by atoms with van der Waals surface area (Å²) in [5.74, 6) is 3.69. The largest absolute Gasteiger partial charge is 0.370 e. The second-order valence-electron chi connectivity index (χ2n) is 5.21. The third kappa shape index (κ3) is 3.82. The molecule has 106 valence electrons. The molecule has 1 saturated carbocycles. The number of aromatic nitrogens is 2. The van der Waals surface area contributed by atoms with Crippen molar-refractivity contribution in [3.8, 4) is 0 Å². The SMILES string of the molecule is CCCCN(CC)c1cc(NCC)nc(C2CC2)n1. The van der Waals surface area contributed by atoms with E-state index in [1.807, 2.05) is 0 Å².